The molecule has 2 N–H and O–H groups in total. The van der Waals surface area contributed by atoms with Crippen LogP contribution in [0.2, 0.25) is 0 Å². The summed E-state index contributed by atoms with van der Waals surface area (Å²) in [4.78, 5) is 3.83. The maximum Gasteiger partial charge on any atom is 0.137 e. The highest BCUT2D eigenvalue weighted by Gasteiger charge is 2.06. The summed E-state index contributed by atoms with van der Waals surface area (Å²) >= 11 is 0. The number of nitrogens with one attached hydrogen (secondary N) is 1. The van der Waals surface area contributed by atoms with E-state index in [1.54, 1.807) is 11.0 Å². The number of aliphatic hydroxyl groups excluding tert-OH is 1. The van der Waals surface area contributed by atoms with Gasteiger partial charge in [-0.3, -0.25) is 4.68 Å². The van der Waals surface area contributed by atoms with Crippen LogP contribution < -0.4 is 5.32 Å². The van der Waals surface area contributed by atoms with Crippen LogP contribution in [0.5, 0.6) is 0 Å². The molecule has 0 fully saturated rings. The van der Waals surface area contributed by atoms with E-state index >= 15 is 0 Å². The van der Waals surface area contributed by atoms with Gasteiger partial charge < -0.3 is 10.4 Å². The number of aromatic nitrogens is 3. The molecule has 1 aromatic heterocycles. The number of hydrogen-bond acceptors (Lipinski definition) is 4. The second-order valence-electron chi connectivity index (χ2n) is 2.95. The maximum absolute atomic E-state index is 9.03. The SMILES string of the molecule is CCCNC(CO)Cn1cncn1. The van der Waals surface area contributed by atoms with Crippen molar-refractivity contribution >= 4 is 0 Å². The van der Waals surface area contributed by atoms with Crippen molar-refractivity contribution in [2.45, 2.75) is 25.9 Å². The lowest BCUT2D eigenvalue weighted by Gasteiger charge is -2.14. The van der Waals surface area contributed by atoms with E-state index in [1.165, 1.54) is 6.33 Å². The van der Waals surface area contributed by atoms with Crippen LogP contribution in [0.25, 0.3) is 0 Å². The summed E-state index contributed by atoms with van der Waals surface area (Å²) in [6.45, 7) is 3.80. The molecular weight excluding hydrogens is 168 g/mol. The molecule has 0 saturated heterocycles. The highest BCUT2D eigenvalue weighted by Crippen LogP contribution is 1.89. The first-order valence-corrected chi connectivity index (χ1v) is 4.53. The lowest BCUT2D eigenvalue weighted by molar-refractivity contribution is 0.225. The molecular formula is C8H16N4O. The zero-order valence-corrected chi connectivity index (χ0v) is 7.85. The predicted molar refractivity (Wildman–Crippen MR) is 49.2 cm³/mol. The highest BCUT2D eigenvalue weighted by atomic mass is 16.3. The van der Waals surface area contributed by atoms with Crippen molar-refractivity contribution in [3.05, 3.63) is 12.7 Å². The van der Waals surface area contributed by atoms with Gasteiger partial charge in [-0.1, -0.05) is 6.92 Å². The van der Waals surface area contributed by atoms with Crippen molar-refractivity contribution in [2.24, 2.45) is 0 Å². The summed E-state index contributed by atoms with van der Waals surface area (Å²) in [5.41, 5.74) is 0. The average Bonchev–Trinajstić information content (AvgIpc) is 2.64. The topological polar surface area (TPSA) is 63.0 Å². The molecule has 74 valence electrons. The first-order valence-electron chi connectivity index (χ1n) is 4.53. The van der Waals surface area contributed by atoms with Crippen molar-refractivity contribution in [3.8, 4) is 0 Å². The van der Waals surface area contributed by atoms with E-state index in [-0.39, 0.29) is 12.6 Å². The molecule has 0 radical (unpaired) electrons. The second-order valence-corrected chi connectivity index (χ2v) is 2.95. The van der Waals surface area contributed by atoms with Gasteiger partial charge in [0.2, 0.25) is 0 Å². The van der Waals surface area contributed by atoms with Crippen LogP contribution in [0, 0.1) is 0 Å². The molecule has 5 nitrogen and oxygen atoms in total. The van der Waals surface area contributed by atoms with Crippen LogP contribution in [0.1, 0.15) is 13.3 Å². The standard InChI is InChI=1S/C8H16N4O/c1-2-3-10-8(5-13)4-12-7-9-6-11-12/h6-8,10,13H,2-5H2,1H3. The van der Waals surface area contributed by atoms with Crippen molar-refractivity contribution in [3.63, 3.8) is 0 Å². The largest absolute Gasteiger partial charge is 0.395 e. The van der Waals surface area contributed by atoms with E-state index in [4.69, 9.17) is 5.11 Å². The molecule has 1 aromatic rings. The normalized spacial score (nSPS) is 13.1. The molecule has 0 aromatic carbocycles. The molecule has 1 rings (SSSR count). The summed E-state index contributed by atoms with van der Waals surface area (Å²) in [7, 11) is 0. The maximum atomic E-state index is 9.03. The van der Waals surface area contributed by atoms with E-state index in [1.807, 2.05) is 0 Å². The average molecular weight is 184 g/mol. The third kappa shape index (κ3) is 3.52. The Morgan fingerprint density at radius 1 is 1.62 bits per heavy atom. The third-order valence-corrected chi connectivity index (χ3v) is 1.78. The van der Waals surface area contributed by atoms with Gasteiger partial charge in [0.1, 0.15) is 12.7 Å². The van der Waals surface area contributed by atoms with Crippen LogP contribution >= 0.6 is 0 Å². The zero-order chi connectivity index (χ0) is 9.52. The van der Waals surface area contributed by atoms with E-state index < -0.39 is 0 Å². The van der Waals surface area contributed by atoms with Crippen molar-refractivity contribution < 1.29 is 5.11 Å². The second kappa shape index (κ2) is 5.66. The van der Waals surface area contributed by atoms with Gasteiger partial charge in [0.05, 0.1) is 13.2 Å². The van der Waals surface area contributed by atoms with Gasteiger partial charge in [-0.15, -0.1) is 0 Å². The Hall–Kier alpha value is -0.940. The third-order valence-electron chi connectivity index (χ3n) is 1.78. The van der Waals surface area contributed by atoms with E-state index in [0.717, 1.165) is 13.0 Å². The Kier molecular flexibility index (Phi) is 4.42. The Labute approximate surface area is 77.8 Å². The molecule has 0 aliphatic rings. The van der Waals surface area contributed by atoms with Crippen molar-refractivity contribution in [2.75, 3.05) is 13.2 Å². The van der Waals surface area contributed by atoms with Gasteiger partial charge in [0.25, 0.3) is 0 Å². The van der Waals surface area contributed by atoms with Crippen LogP contribution in [-0.4, -0.2) is 39.1 Å². The van der Waals surface area contributed by atoms with Gasteiger partial charge in [0.15, 0.2) is 0 Å². The van der Waals surface area contributed by atoms with Crippen molar-refractivity contribution in [1.29, 1.82) is 0 Å². The lowest BCUT2D eigenvalue weighted by atomic mass is 10.3. The molecule has 0 spiro atoms. The molecule has 1 atom stereocenters. The van der Waals surface area contributed by atoms with Crippen molar-refractivity contribution in [1.82, 2.24) is 20.1 Å². The van der Waals surface area contributed by atoms with E-state index in [9.17, 15) is 0 Å². The van der Waals surface area contributed by atoms with Gasteiger partial charge in [-0.2, -0.15) is 5.10 Å². The Balaban J connectivity index is 2.31. The van der Waals surface area contributed by atoms with Gasteiger partial charge in [0, 0.05) is 6.04 Å². The molecule has 1 unspecified atom stereocenters. The molecule has 13 heavy (non-hydrogen) atoms. The summed E-state index contributed by atoms with van der Waals surface area (Å²) in [6, 6.07) is 0.0710. The zero-order valence-electron chi connectivity index (χ0n) is 7.85. The fourth-order valence-corrected chi connectivity index (χ4v) is 1.09. The minimum absolute atomic E-state index is 0.0710. The molecule has 0 aliphatic heterocycles. The van der Waals surface area contributed by atoms with Crippen LogP contribution in [0.3, 0.4) is 0 Å². The number of hydrogen-bond donors (Lipinski definition) is 2. The van der Waals surface area contributed by atoms with Gasteiger partial charge >= 0.3 is 0 Å². The summed E-state index contributed by atoms with van der Waals surface area (Å²) in [6.07, 6.45) is 4.21. The number of rotatable bonds is 6. The van der Waals surface area contributed by atoms with Gasteiger partial charge in [-0.05, 0) is 13.0 Å². The molecule has 1 heterocycles. The lowest BCUT2D eigenvalue weighted by Crippen LogP contribution is -2.37. The molecule has 0 amide bonds. The van der Waals surface area contributed by atoms with Crippen LogP contribution in [0.4, 0.5) is 0 Å². The van der Waals surface area contributed by atoms with Crippen LogP contribution in [0.15, 0.2) is 12.7 Å². The Bertz CT molecular complexity index is 212. The monoisotopic (exact) mass is 184 g/mol. The molecule has 5 heteroatoms. The summed E-state index contributed by atoms with van der Waals surface area (Å²) in [5, 5.41) is 16.2. The summed E-state index contributed by atoms with van der Waals surface area (Å²) in [5.74, 6) is 0. The first kappa shape index (κ1) is 10.1. The first-order chi connectivity index (χ1) is 6.36. The molecule has 0 bridgehead atoms. The smallest absolute Gasteiger partial charge is 0.137 e. The van der Waals surface area contributed by atoms with E-state index in [0.29, 0.717) is 6.54 Å². The minimum Gasteiger partial charge on any atom is -0.395 e. The Morgan fingerprint density at radius 2 is 2.46 bits per heavy atom. The van der Waals surface area contributed by atoms with Gasteiger partial charge in [-0.25, -0.2) is 4.98 Å². The Morgan fingerprint density at radius 3 is 3.00 bits per heavy atom. The molecule has 0 aliphatic carbocycles. The minimum atomic E-state index is 0.0710. The van der Waals surface area contributed by atoms with E-state index in [2.05, 4.69) is 22.3 Å². The van der Waals surface area contributed by atoms with Crippen LogP contribution in [-0.2, 0) is 6.54 Å². The predicted octanol–water partition coefficient (Wildman–Crippen LogP) is -0.361. The molecule has 0 saturated carbocycles. The number of aliphatic hydroxyl groups is 1. The number of nitrogens with zero attached hydrogens (tertiary/aromatic N) is 3. The quantitative estimate of drug-likeness (QED) is 0.633. The summed E-state index contributed by atoms with van der Waals surface area (Å²) < 4.78 is 1.71. The fourth-order valence-electron chi connectivity index (χ4n) is 1.09. The highest BCUT2D eigenvalue weighted by molar-refractivity contribution is 4.67. The fraction of sp³-hybridized carbons (Fsp3) is 0.750.